The molecule has 4 rings (SSSR count). The molecule has 0 aliphatic carbocycles. The summed E-state index contributed by atoms with van der Waals surface area (Å²) in [5, 5.41) is 7.19. The molecule has 0 fully saturated rings. The molecule has 4 nitrogen and oxygen atoms in total. The third-order valence-corrected chi connectivity index (χ3v) is 6.87. The summed E-state index contributed by atoms with van der Waals surface area (Å²) >= 11 is 9.45. The van der Waals surface area contributed by atoms with Gasteiger partial charge in [-0.25, -0.2) is 0 Å². The van der Waals surface area contributed by atoms with Crippen LogP contribution in [-0.4, -0.2) is 29.8 Å². The number of benzene rings is 1. The minimum absolute atomic E-state index is 0.0502. The fourth-order valence-electron chi connectivity index (χ4n) is 3.34. The number of carbonyl (C=O) groups is 2. The Bertz CT molecular complexity index is 968. The Labute approximate surface area is 170 Å². The van der Waals surface area contributed by atoms with Crippen LogP contribution in [0.25, 0.3) is 0 Å². The van der Waals surface area contributed by atoms with E-state index in [1.54, 1.807) is 46.9 Å². The molecule has 0 saturated heterocycles. The Morgan fingerprint density at radius 1 is 1.11 bits per heavy atom. The van der Waals surface area contributed by atoms with Crippen molar-refractivity contribution in [1.82, 2.24) is 10.2 Å². The first-order valence-electron chi connectivity index (χ1n) is 8.57. The van der Waals surface area contributed by atoms with Crippen molar-refractivity contribution in [3.8, 4) is 0 Å². The average Bonchev–Trinajstić information content (AvgIpc) is 3.37. The van der Waals surface area contributed by atoms with Crippen molar-refractivity contribution < 1.29 is 9.59 Å². The van der Waals surface area contributed by atoms with Crippen molar-refractivity contribution in [3.63, 3.8) is 0 Å². The summed E-state index contributed by atoms with van der Waals surface area (Å²) in [6.07, 6.45) is 0.846. The van der Waals surface area contributed by atoms with Crippen molar-refractivity contribution in [2.24, 2.45) is 0 Å². The number of nitrogens with one attached hydrogen (secondary N) is 1. The van der Waals surface area contributed by atoms with Gasteiger partial charge in [0.1, 0.15) is 0 Å². The normalized spacial score (nSPS) is 16.0. The Morgan fingerprint density at radius 2 is 1.96 bits per heavy atom. The molecule has 1 atom stereocenters. The smallest absolute Gasteiger partial charge is 0.253 e. The molecule has 1 N–H and O–H groups in total. The summed E-state index contributed by atoms with van der Waals surface area (Å²) in [6, 6.07) is 12.9. The molecule has 0 bridgehead atoms. The van der Waals surface area contributed by atoms with Crippen LogP contribution in [0.2, 0.25) is 5.02 Å². The molecule has 7 heteroatoms. The van der Waals surface area contributed by atoms with Gasteiger partial charge >= 0.3 is 0 Å². The van der Waals surface area contributed by atoms with Crippen molar-refractivity contribution in [1.29, 1.82) is 0 Å². The first-order valence-corrected chi connectivity index (χ1v) is 10.7. The zero-order valence-electron chi connectivity index (χ0n) is 14.4. The molecular formula is C20H17ClN2O2S2. The van der Waals surface area contributed by atoms with Crippen LogP contribution < -0.4 is 5.32 Å². The predicted molar refractivity (Wildman–Crippen MR) is 110 cm³/mol. The van der Waals surface area contributed by atoms with Crippen LogP contribution in [0.4, 0.5) is 0 Å². The highest BCUT2D eigenvalue weighted by Gasteiger charge is 2.33. The van der Waals surface area contributed by atoms with Gasteiger partial charge in [0.15, 0.2) is 0 Å². The monoisotopic (exact) mass is 416 g/mol. The third-order valence-electron chi connectivity index (χ3n) is 4.62. The quantitative estimate of drug-likeness (QED) is 0.686. The molecule has 0 unspecified atom stereocenters. The molecule has 3 aromatic rings. The van der Waals surface area contributed by atoms with Gasteiger partial charge in [-0.3, -0.25) is 9.59 Å². The maximum Gasteiger partial charge on any atom is 0.253 e. The van der Waals surface area contributed by atoms with Gasteiger partial charge in [0.05, 0.1) is 23.2 Å². The van der Waals surface area contributed by atoms with Gasteiger partial charge in [-0.2, -0.15) is 0 Å². The molecule has 27 heavy (non-hydrogen) atoms. The number of fused-ring (bicyclic) bond motifs is 1. The van der Waals surface area contributed by atoms with Crippen molar-refractivity contribution >= 4 is 46.1 Å². The summed E-state index contributed by atoms with van der Waals surface area (Å²) in [6.45, 7) is 0.599. The summed E-state index contributed by atoms with van der Waals surface area (Å²) in [7, 11) is 0. The van der Waals surface area contributed by atoms with E-state index in [4.69, 9.17) is 11.6 Å². The minimum Gasteiger partial charge on any atom is -0.343 e. The molecule has 1 aromatic carbocycles. The van der Waals surface area contributed by atoms with E-state index in [9.17, 15) is 9.59 Å². The summed E-state index contributed by atoms with van der Waals surface area (Å²) in [5.41, 5.74) is 1.57. The summed E-state index contributed by atoms with van der Waals surface area (Å²) < 4.78 is 0. The van der Waals surface area contributed by atoms with Gasteiger partial charge in [-0.1, -0.05) is 29.8 Å². The molecule has 0 spiro atoms. The van der Waals surface area contributed by atoms with Crippen LogP contribution in [0.15, 0.2) is 53.2 Å². The van der Waals surface area contributed by atoms with Crippen LogP contribution in [0.1, 0.15) is 31.7 Å². The fraction of sp³-hybridized carbons (Fsp3) is 0.200. The lowest BCUT2D eigenvalue weighted by Crippen LogP contribution is -2.45. The Balaban J connectivity index is 1.51. The molecule has 138 valence electrons. The lowest BCUT2D eigenvalue weighted by molar-refractivity contribution is -0.132. The van der Waals surface area contributed by atoms with Crippen molar-refractivity contribution in [3.05, 3.63) is 79.1 Å². The number of thiophene rings is 2. The standard InChI is InChI=1S/C20H17ClN2O2S2/c21-15-5-2-1-4-13(15)20(25)22-12-18(24)23-9-7-16-14(8-11-27-16)19(23)17-6-3-10-26-17/h1-6,8,10-11,19H,7,9,12H2,(H,22,25)/t19-/m0/s1. The second-order valence-electron chi connectivity index (χ2n) is 6.22. The SMILES string of the molecule is O=C(NCC(=O)N1CCc2sccc2[C@H]1c1cccs1)c1ccccc1Cl. The number of halogens is 1. The molecular weight excluding hydrogens is 400 g/mol. The lowest BCUT2D eigenvalue weighted by Gasteiger charge is -2.35. The van der Waals surface area contributed by atoms with Gasteiger partial charge in [0.2, 0.25) is 5.91 Å². The van der Waals surface area contributed by atoms with E-state index in [-0.39, 0.29) is 24.4 Å². The molecule has 2 aromatic heterocycles. The summed E-state index contributed by atoms with van der Waals surface area (Å²) in [5.74, 6) is -0.430. The van der Waals surface area contributed by atoms with Gasteiger partial charge < -0.3 is 10.2 Å². The average molecular weight is 417 g/mol. The topological polar surface area (TPSA) is 49.4 Å². The first kappa shape index (κ1) is 18.2. The maximum atomic E-state index is 12.9. The van der Waals surface area contributed by atoms with Crippen LogP contribution in [0.5, 0.6) is 0 Å². The van der Waals surface area contributed by atoms with Crippen LogP contribution in [0, 0.1) is 0 Å². The Hall–Kier alpha value is -2.15. The first-order chi connectivity index (χ1) is 13.1. The van der Waals surface area contributed by atoms with Crippen LogP contribution in [0.3, 0.4) is 0 Å². The number of hydrogen-bond donors (Lipinski definition) is 1. The number of nitrogens with zero attached hydrogens (tertiary/aromatic N) is 1. The molecule has 0 saturated carbocycles. The number of rotatable bonds is 4. The number of amides is 2. The lowest BCUT2D eigenvalue weighted by atomic mass is 9.98. The van der Waals surface area contributed by atoms with Gasteiger partial charge in [-0.15, -0.1) is 22.7 Å². The second-order valence-corrected chi connectivity index (χ2v) is 8.60. The highest BCUT2D eigenvalue weighted by Crippen LogP contribution is 2.39. The van der Waals surface area contributed by atoms with Gasteiger partial charge in [0, 0.05) is 16.3 Å². The number of hydrogen-bond acceptors (Lipinski definition) is 4. The van der Waals surface area contributed by atoms with Gasteiger partial charge in [-0.05, 0) is 47.0 Å². The van der Waals surface area contributed by atoms with E-state index >= 15 is 0 Å². The van der Waals surface area contributed by atoms with Crippen LogP contribution in [-0.2, 0) is 11.2 Å². The molecule has 2 amide bonds. The second kappa shape index (κ2) is 7.84. The highest BCUT2D eigenvalue weighted by atomic mass is 35.5. The predicted octanol–water partition coefficient (Wildman–Crippen LogP) is 4.37. The van der Waals surface area contributed by atoms with E-state index in [0.717, 1.165) is 11.3 Å². The van der Waals surface area contributed by atoms with E-state index in [1.165, 1.54) is 10.4 Å². The van der Waals surface area contributed by atoms with E-state index in [1.807, 2.05) is 16.3 Å². The minimum atomic E-state index is -0.338. The molecule has 3 heterocycles. The summed E-state index contributed by atoms with van der Waals surface area (Å²) in [4.78, 5) is 29.6. The largest absolute Gasteiger partial charge is 0.343 e. The Kier molecular flexibility index (Phi) is 5.29. The van der Waals surface area contributed by atoms with E-state index in [2.05, 4.69) is 22.8 Å². The van der Waals surface area contributed by atoms with Crippen LogP contribution >= 0.6 is 34.3 Å². The molecule has 1 aliphatic rings. The van der Waals surface area contributed by atoms with E-state index in [0.29, 0.717) is 17.1 Å². The number of carbonyl (C=O) groups excluding carboxylic acids is 2. The maximum absolute atomic E-state index is 12.9. The van der Waals surface area contributed by atoms with E-state index < -0.39 is 0 Å². The zero-order valence-corrected chi connectivity index (χ0v) is 16.7. The fourth-order valence-corrected chi connectivity index (χ4v) is 5.32. The van der Waals surface area contributed by atoms with Gasteiger partial charge in [0.25, 0.3) is 5.91 Å². The highest BCUT2D eigenvalue weighted by molar-refractivity contribution is 7.10. The van der Waals surface area contributed by atoms with Crippen molar-refractivity contribution in [2.45, 2.75) is 12.5 Å². The zero-order chi connectivity index (χ0) is 18.8. The van der Waals surface area contributed by atoms with Crippen molar-refractivity contribution in [2.75, 3.05) is 13.1 Å². The Morgan fingerprint density at radius 3 is 2.74 bits per heavy atom. The molecule has 0 radical (unpaired) electrons. The third kappa shape index (κ3) is 3.65. The molecule has 1 aliphatic heterocycles.